The molecular weight excluding hydrogens is 278 g/mol. The van der Waals surface area contributed by atoms with Crippen LogP contribution in [-0.2, 0) is 6.42 Å². The third kappa shape index (κ3) is 4.51. The Morgan fingerprint density at radius 1 is 1.27 bits per heavy atom. The molecule has 6 nitrogen and oxygen atoms in total. The number of carbonyl (C=O) groups excluding carboxylic acids is 1. The van der Waals surface area contributed by atoms with E-state index in [4.69, 9.17) is 0 Å². The summed E-state index contributed by atoms with van der Waals surface area (Å²) < 4.78 is 0. The number of likely N-dealkylation sites (N-methyl/N-ethyl adjacent to an activating group) is 1. The first-order valence-corrected chi connectivity index (χ1v) is 7.41. The lowest BCUT2D eigenvalue weighted by Gasteiger charge is -2.18. The molecule has 6 heteroatoms. The number of anilines is 1. The van der Waals surface area contributed by atoms with E-state index in [1.54, 1.807) is 18.5 Å². The number of rotatable bonds is 7. The Morgan fingerprint density at radius 3 is 2.77 bits per heavy atom. The molecule has 0 radical (unpaired) electrons. The van der Waals surface area contributed by atoms with Crippen LogP contribution in [0, 0.1) is 0 Å². The Kier molecular flexibility index (Phi) is 5.82. The van der Waals surface area contributed by atoms with Crippen molar-refractivity contribution < 1.29 is 4.79 Å². The molecule has 0 saturated carbocycles. The van der Waals surface area contributed by atoms with Crippen LogP contribution in [0.3, 0.4) is 0 Å². The van der Waals surface area contributed by atoms with E-state index in [0.717, 1.165) is 25.2 Å². The summed E-state index contributed by atoms with van der Waals surface area (Å²) in [4.78, 5) is 26.2. The molecule has 0 aromatic carbocycles. The predicted octanol–water partition coefficient (Wildman–Crippen LogP) is 1.69. The van der Waals surface area contributed by atoms with Crippen molar-refractivity contribution in [1.29, 1.82) is 0 Å². The lowest BCUT2D eigenvalue weighted by atomic mass is 10.2. The fraction of sp³-hybridized carbons (Fsp3) is 0.375. The zero-order valence-electron chi connectivity index (χ0n) is 13.0. The van der Waals surface area contributed by atoms with E-state index in [0.29, 0.717) is 12.2 Å². The molecule has 0 aliphatic rings. The third-order valence-electron chi connectivity index (χ3n) is 3.30. The van der Waals surface area contributed by atoms with Crippen molar-refractivity contribution in [2.75, 3.05) is 25.0 Å². The van der Waals surface area contributed by atoms with Crippen LogP contribution in [0.1, 0.15) is 29.4 Å². The molecule has 1 N–H and O–H groups in total. The summed E-state index contributed by atoms with van der Waals surface area (Å²) in [7, 11) is 1.96. The average Bonchev–Trinajstić information content (AvgIpc) is 2.58. The molecule has 1 amide bonds. The fourth-order valence-electron chi connectivity index (χ4n) is 1.97. The molecular formula is C16H21N5O. The van der Waals surface area contributed by atoms with E-state index in [-0.39, 0.29) is 5.91 Å². The second kappa shape index (κ2) is 8.07. The summed E-state index contributed by atoms with van der Waals surface area (Å²) in [5, 5.41) is 2.82. The predicted molar refractivity (Wildman–Crippen MR) is 85.9 cm³/mol. The summed E-state index contributed by atoms with van der Waals surface area (Å²) in [5.41, 5.74) is 1.62. The van der Waals surface area contributed by atoms with Crippen molar-refractivity contribution in [2.45, 2.75) is 19.8 Å². The number of carbonyl (C=O) groups is 1. The molecule has 0 aliphatic heterocycles. The van der Waals surface area contributed by atoms with Crippen molar-refractivity contribution >= 4 is 11.7 Å². The first-order chi connectivity index (χ1) is 10.7. The van der Waals surface area contributed by atoms with Gasteiger partial charge in [-0.2, -0.15) is 0 Å². The zero-order valence-corrected chi connectivity index (χ0v) is 13.0. The minimum Gasteiger partial charge on any atom is -0.359 e. The monoisotopic (exact) mass is 299 g/mol. The lowest BCUT2D eigenvalue weighted by Crippen LogP contribution is -2.26. The standard InChI is InChI=1S/C16H21N5O/c1-3-7-18-16(22)14-11-15(20-12-19-14)21(2)10-6-13-4-8-17-9-5-13/h4-5,8-9,11-12H,3,6-7,10H2,1-2H3,(H,18,22). The SMILES string of the molecule is CCCNC(=O)c1cc(N(C)CCc2ccncc2)ncn1. The Bertz CT molecular complexity index is 602. The Labute approximate surface area is 130 Å². The molecule has 0 bridgehead atoms. The van der Waals surface area contributed by atoms with Gasteiger partial charge in [0.05, 0.1) is 0 Å². The van der Waals surface area contributed by atoms with Gasteiger partial charge in [0, 0.05) is 38.6 Å². The summed E-state index contributed by atoms with van der Waals surface area (Å²) >= 11 is 0. The van der Waals surface area contributed by atoms with Crippen LogP contribution in [0.4, 0.5) is 5.82 Å². The van der Waals surface area contributed by atoms with Gasteiger partial charge in [-0.05, 0) is 30.5 Å². The average molecular weight is 299 g/mol. The largest absolute Gasteiger partial charge is 0.359 e. The number of pyridine rings is 1. The molecule has 22 heavy (non-hydrogen) atoms. The van der Waals surface area contributed by atoms with Gasteiger partial charge in [0.2, 0.25) is 0 Å². The van der Waals surface area contributed by atoms with E-state index in [1.165, 1.54) is 11.9 Å². The maximum absolute atomic E-state index is 11.9. The van der Waals surface area contributed by atoms with Gasteiger partial charge in [-0.25, -0.2) is 9.97 Å². The molecule has 2 heterocycles. The normalized spacial score (nSPS) is 10.3. The summed E-state index contributed by atoms with van der Waals surface area (Å²) in [6, 6.07) is 5.71. The van der Waals surface area contributed by atoms with Crippen LogP contribution < -0.4 is 10.2 Å². The van der Waals surface area contributed by atoms with E-state index in [9.17, 15) is 4.79 Å². The van der Waals surface area contributed by atoms with Gasteiger partial charge in [0.25, 0.3) is 5.91 Å². The van der Waals surface area contributed by atoms with Crippen molar-refractivity contribution in [3.8, 4) is 0 Å². The highest BCUT2D eigenvalue weighted by molar-refractivity contribution is 5.92. The molecule has 0 saturated heterocycles. The number of nitrogens with zero attached hydrogens (tertiary/aromatic N) is 4. The van der Waals surface area contributed by atoms with Gasteiger partial charge in [-0.1, -0.05) is 6.92 Å². The van der Waals surface area contributed by atoms with Gasteiger partial charge < -0.3 is 10.2 Å². The molecule has 0 fully saturated rings. The molecule has 2 rings (SSSR count). The highest BCUT2D eigenvalue weighted by Gasteiger charge is 2.10. The first-order valence-electron chi connectivity index (χ1n) is 7.41. The molecule has 0 aliphatic carbocycles. The summed E-state index contributed by atoms with van der Waals surface area (Å²) in [6.45, 7) is 3.46. The molecule has 0 unspecified atom stereocenters. The fourth-order valence-corrected chi connectivity index (χ4v) is 1.97. The van der Waals surface area contributed by atoms with Crippen LogP contribution >= 0.6 is 0 Å². The van der Waals surface area contributed by atoms with Gasteiger partial charge in [0.1, 0.15) is 17.8 Å². The van der Waals surface area contributed by atoms with Crippen molar-refractivity contribution in [3.63, 3.8) is 0 Å². The van der Waals surface area contributed by atoms with Crippen LogP contribution in [0.2, 0.25) is 0 Å². The zero-order chi connectivity index (χ0) is 15.8. The van der Waals surface area contributed by atoms with Gasteiger partial charge in [-0.15, -0.1) is 0 Å². The second-order valence-electron chi connectivity index (χ2n) is 5.04. The minimum atomic E-state index is -0.159. The van der Waals surface area contributed by atoms with E-state index < -0.39 is 0 Å². The summed E-state index contributed by atoms with van der Waals surface area (Å²) in [6.07, 6.45) is 6.79. The minimum absolute atomic E-state index is 0.159. The van der Waals surface area contributed by atoms with E-state index in [1.807, 2.05) is 31.0 Å². The highest BCUT2D eigenvalue weighted by atomic mass is 16.1. The van der Waals surface area contributed by atoms with Crippen molar-refractivity contribution in [1.82, 2.24) is 20.3 Å². The first kappa shape index (κ1) is 15.9. The molecule has 2 aromatic heterocycles. The number of amides is 1. The molecule has 0 atom stereocenters. The second-order valence-corrected chi connectivity index (χ2v) is 5.04. The molecule has 116 valence electrons. The van der Waals surface area contributed by atoms with Gasteiger partial charge >= 0.3 is 0 Å². The van der Waals surface area contributed by atoms with Crippen LogP contribution in [0.5, 0.6) is 0 Å². The number of hydrogen-bond donors (Lipinski definition) is 1. The van der Waals surface area contributed by atoms with Crippen LogP contribution in [-0.4, -0.2) is 41.0 Å². The Hall–Kier alpha value is -2.50. The number of aromatic nitrogens is 3. The topological polar surface area (TPSA) is 71.0 Å². The summed E-state index contributed by atoms with van der Waals surface area (Å²) in [5.74, 6) is 0.582. The van der Waals surface area contributed by atoms with Gasteiger partial charge in [-0.3, -0.25) is 9.78 Å². The lowest BCUT2D eigenvalue weighted by molar-refractivity contribution is 0.0948. The van der Waals surface area contributed by atoms with Crippen molar-refractivity contribution in [3.05, 3.63) is 48.2 Å². The highest BCUT2D eigenvalue weighted by Crippen LogP contribution is 2.10. The Morgan fingerprint density at radius 2 is 2.05 bits per heavy atom. The van der Waals surface area contributed by atoms with E-state index in [2.05, 4.69) is 20.3 Å². The third-order valence-corrected chi connectivity index (χ3v) is 3.30. The number of hydrogen-bond acceptors (Lipinski definition) is 5. The maximum atomic E-state index is 11.9. The quantitative estimate of drug-likeness (QED) is 0.842. The van der Waals surface area contributed by atoms with Crippen LogP contribution in [0.25, 0.3) is 0 Å². The van der Waals surface area contributed by atoms with Gasteiger partial charge in [0.15, 0.2) is 0 Å². The smallest absolute Gasteiger partial charge is 0.270 e. The maximum Gasteiger partial charge on any atom is 0.270 e. The number of nitrogens with one attached hydrogen (secondary N) is 1. The van der Waals surface area contributed by atoms with E-state index >= 15 is 0 Å². The Balaban J connectivity index is 1.97. The van der Waals surface area contributed by atoms with Crippen molar-refractivity contribution in [2.24, 2.45) is 0 Å². The molecule has 2 aromatic rings. The molecule has 0 spiro atoms. The van der Waals surface area contributed by atoms with Crippen LogP contribution in [0.15, 0.2) is 36.9 Å².